The largest absolute Gasteiger partial charge is 0.495 e. The number of methoxy groups -OCH3 is 1. The van der Waals surface area contributed by atoms with Crippen LogP contribution in [0.5, 0.6) is 5.75 Å². The van der Waals surface area contributed by atoms with Crippen LogP contribution in [0.2, 0.25) is 0 Å². The minimum atomic E-state index is -0.499. The zero-order chi connectivity index (χ0) is 20.1. The van der Waals surface area contributed by atoms with Gasteiger partial charge in [0.05, 0.1) is 37.6 Å². The van der Waals surface area contributed by atoms with Crippen LogP contribution in [-0.4, -0.2) is 42.5 Å². The highest BCUT2D eigenvalue weighted by molar-refractivity contribution is 5.88. The first-order valence-electron chi connectivity index (χ1n) is 9.56. The van der Waals surface area contributed by atoms with Gasteiger partial charge in [-0.05, 0) is 51.3 Å². The van der Waals surface area contributed by atoms with Gasteiger partial charge in [0.25, 0.3) is 0 Å². The van der Waals surface area contributed by atoms with Crippen molar-refractivity contribution in [1.82, 2.24) is 10.3 Å². The van der Waals surface area contributed by atoms with Crippen molar-refractivity contribution in [3.05, 3.63) is 42.1 Å². The quantitative estimate of drug-likeness (QED) is 0.850. The predicted molar refractivity (Wildman–Crippen MR) is 109 cm³/mol. The second kappa shape index (κ2) is 8.61. The summed E-state index contributed by atoms with van der Waals surface area (Å²) in [5, 5.41) is 3.91. The molecule has 0 aliphatic carbocycles. The fourth-order valence-corrected chi connectivity index (χ4v) is 3.13. The molecule has 2 aromatic rings. The fraction of sp³-hybridized carbons (Fsp3) is 0.455. The Kier molecular flexibility index (Phi) is 6.19. The molecule has 1 amide bonds. The summed E-state index contributed by atoms with van der Waals surface area (Å²) in [4.78, 5) is 16.3. The highest BCUT2D eigenvalue weighted by Crippen LogP contribution is 2.24. The highest BCUT2D eigenvalue weighted by atomic mass is 16.6. The molecule has 0 bridgehead atoms. The molecule has 0 spiro atoms. The summed E-state index contributed by atoms with van der Waals surface area (Å²) in [5.41, 5.74) is 1.50. The molecule has 28 heavy (non-hydrogen) atoms. The molecule has 1 aliphatic heterocycles. The molecule has 6 nitrogen and oxygen atoms in total. The first-order chi connectivity index (χ1) is 13.3. The van der Waals surface area contributed by atoms with E-state index in [1.165, 1.54) is 0 Å². The number of benzene rings is 1. The minimum absolute atomic E-state index is 0.0190. The van der Waals surface area contributed by atoms with Gasteiger partial charge in [-0.1, -0.05) is 24.3 Å². The van der Waals surface area contributed by atoms with Gasteiger partial charge in [-0.25, -0.2) is 4.79 Å². The third kappa shape index (κ3) is 5.45. The van der Waals surface area contributed by atoms with Gasteiger partial charge < -0.3 is 19.5 Å². The van der Waals surface area contributed by atoms with E-state index in [1.807, 2.05) is 39.0 Å². The maximum Gasteiger partial charge on any atom is 0.407 e. The van der Waals surface area contributed by atoms with Crippen LogP contribution in [0.4, 0.5) is 4.79 Å². The smallest absolute Gasteiger partial charge is 0.407 e. The summed E-state index contributed by atoms with van der Waals surface area (Å²) in [6, 6.07) is 7.99. The number of carbonyl (C=O) groups is 1. The van der Waals surface area contributed by atoms with E-state index in [0.717, 1.165) is 35.1 Å². The number of nitrogens with zero attached hydrogens (tertiary/aromatic N) is 1. The number of rotatable bonds is 4. The van der Waals surface area contributed by atoms with E-state index in [9.17, 15) is 4.79 Å². The summed E-state index contributed by atoms with van der Waals surface area (Å²) in [6.07, 6.45) is 7.16. The van der Waals surface area contributed by atoms with Crippen molar-refractivity contribution in [2.24, 2.45) is 0 Å². The number of aromatic nitrogens is 1. The Morgan fingerprint density at radius 1 is 1.32 bits per heavy atom. The number of pyridine rings is 1. The lowest BCUT2D eigenvalue weighted by Gasteiger charge is -2.29. The van der Waals surface area contributed by atoms with E-state index in [-0.39, 0.29) is 12.1 Å². The number of fused-ring (bicyclic) bond motifs is 1. The SMILES string of the molecule is COc1cnc2cccc(/C=C/[C@@H]3CC[C@@H](NC(=O)OC(C)(C)C)CO3)c2c1. The summed E-state index contributed by atoms with van der Waals surface area (Å²) in [6.45, 7) is 6.02. The van der Waals surface area contributed by atoms with Gasteiger partial charge in [0.1, 0.15) is 11.4 Å². The van der Waals surface area contributed by atoms with E-state index in [1.54, 1.807) is 13.3 Å². The van der Waals surface area contributed by atoms with Crippen LogP contribution in [0.1, 0.15) is 39.2 Å². The zero-order valence-electron chi connectivity index (χ0n) is 16.9. The molecule has 6 heteroatoms. The van der Waals surface area contributed by atoms with Crippen LogP contribution in [0, 0.1) is 0 Å². The minimum Gasteiger partial charge on any atom is -0.495 e. The van der Waals surface area contributed by atoms with Crippen molar-refractivity contribution in [1.29, 1.82) is 0 Å². The lowest BCUT2D eigenvalue weighted by molar-refractivity contribution is 0.0136. The predicted octanol–water partition coefficient (Wildman–Crippen LogP) is 4.33. The van der Waals surface area contributed by atoms with Crippen LogP contribution in [0.25, 0.3) is 17.0 Å². The summed E-state index contributed by atoms with van der Waals surface area (Å²) in [5.74, 6) is 0.735. The maximum absolute atomic E-state index is 11.9. The van der Waals surface area contributed by atoms with Crippen LogP contribution >= 0.6 is 0 Å². The number of alkyl carbamates (subject to hydrolysis) is 1. The number of amides is 1. The molecular weight excluding hydrogens is 356 g/mol. The molecule has 1 N–H and O–H groups in total. The normalized spacial score (nSPS) is 20.3. The molecule has 0 radical (unpaired) electrons. The second-order valence-electron chi connectivity index (χ2n) is 7.94. The van der Waals surface area contributed by atoms with Gasteiger partial charge in [-0.15, -0.1) is 0 Å². The molecule has 1 aromatic carbocycles. The molecule has 2 atom stereocenters. The molecule has 150 valence electrons. The Bertz CT molecular complexity index is 849. The molecule has 1 fully saturated rings. The zero-order valence-corrected chi connectivity index (χ0v) is 16.9. The third-order valence-electron chi connectivity index (χ3n) is 4.49. The standard InChI is InChI=1S/C22H28N2O4/c1-22(2,3)28-21(25)24-16-9-11-17(27-14-16)10-8-15-6-5-7-20-19(15)12-18(26-4)13-23-20/h5-8,10,12-13,16-17H,9,11,14H2,1-4H3,(H,24,25)/b10-8+/t16-,17-/m1/s1. The van der Waals surface area contributed by atoms with Crippen molar-refractivity contribution < 1.29 is 19.0 Å². The first kappa shape index (κ1) is 20.1. The summed E-state index contributed by atoms with van der Waals surface area (Å²) >= 11 is 0. The molecular formula is C22H28N2O4. The van der Waals surface area contributed by atoms with E-state index in [0.29, 0.717) is 6.61 Å². The average molecular weight is 384 g/mol. The van der Waals surface area contributed by atoms with Gasteiger partial charge in [0.2, 0.25) is 0 Å². The fourth-order valence-electron chi connectivity index (χ4n) is 3.13. The van der Waals surface area contributed by atoms with Crippen molar-refractivity contribution in [3.63, 3.8) is 0 Å². The first-order valence-corrected chi connectivity index (χ1v) is 9.56. The van der Waals surface area contributed by atoms with Gasteiger partial charge in [0.15, 0.2) is 0 Å². The Labute approximate surface area is 165 Å². The maximum atomic E-state index is 11.9. The number of hydrogen-bond acceptors (Lipinski definition) is 5. The van der Waals surface area contributed by atoms with Crippen LogP contribution in [-0.2, 0) is 9.47 Å². The Balaban J connectivity index is 1.58. The number of carbonyl (C=O) groups excluding carboxylic acids is 1. The second-order valence-corrected chi connectivity index (χ2v) is 7.94. The molecule has 1 saturated heterocycles. The summed E-state index contributed by atoms with van der Waals surface area (Å²) in [7, 11) is 1.64. The van der Waals surface area contributed by atoms with E-state index in [2.05, 4.69) is 28.5 Å². The third-order valence-corrected chi connectivity index (χ3v) is 4.49. The van der Waals surface area contributed by atoms with Crippen LogP contribution in [0.3, 0.4) is 0 Å². The number of nitrogens with one attached hydrogen (secondary N) is 1. The topological polar surface area (TPSA) is 69.7 Å². The lowest BCUT2D eigenvalue weighted by Crippen LogP contribution is -2.44. The Hall–Kier alpha value is -2.60. The number of ether oxygens (including phenoxy) is 3. The highest BCUT2D eigenvalue weighted by Gasteiger charge is 2.24. The van der Waals surface area contributed by atoms with Crippen LogP contribution in [0.15, 0.2) is 36.5 Å². The van der Waals surface area contributed by atoms with E-state index >= 15 is 0 Å². The van der Waals surface area contributed by atoms with E-state index in [4.69, 9.17) is 14.2 Å². The van der Waals surface area contributed by atoms with Gasteiger partial charge in [0, 0.05) is 5.39 Å². The summed E-state index contributed by atoms with van der Waals surface area (Å²) < 4.78 is 16.5. The number of hydrogen-bond donors (Lipinski definition) is 1. The molecule has 0 unspecified atom stereocenters. The van der Waals surface area contributed by atoms with Crippen molar-refractivity contribution in [3.8, 4) is 5.75 Å². The Morgan fingerprint density at radius 3 is 2.82 bits per heavy atom. The van der Waals surface area contributed by atoms with Crippen molar-refractivity contribution in [2.45, 2.75) is 51.4 Å². The lowest BCUT2D eigenvalue weighted by atomic mass is 10.0. The van der Waals surface area contributed by atoms with E-state index < -0.39 is 11.7 Å². The average Bonchev–Trinajstić information content (AvgIpc) is 2.65. The van der Waals surface area contributed by atoms with Gasteiger partial charge in [-0.3, -0.25) is 4.98 Å². The van der Waals surface area contributed by atoms with Crippen molar-refractivity contribution >= 4 is 23.1 Å². The molecule has 3 rings (SSSR count). The van der Waals surface area contributed by atoms with Crippen molar-refractivity contribution in [2.75, 3.05) is 13.7 Å². The van der Waals surface area contributed by atoms with Crippen LogP contribution < -0.4 is 10.1 Å². The van der Waals surface area contributed by atoms with Gasteiger partial charge in [-0.2, -0.15) is 0 Å². The molecule has 2 heterocycles. The Morgan fingerprint density at radius 2 is 2.14 bits per heavy atom. The molecule has 1 aliphatic rings. The van der Waals surface area contributed by atoms with Gasteiger partial charge >= 0.3 is 6.09 Å². The molecule has 1 aromatic heterocycles. The monoisotopic (exact) mass is 384 g/mol. The molecule has 0 saturated carbocycles.